The van der Waals surface area contributed by atoms with Crippen LogP contribution in [0, 0.1) is 0 Å². The van der Waals surface area contributed by atoms with Crippen molar-refractivity contribution >= 4 is 46.9 Å². The Morgan fingerprint density at radius 2 is 1.64 bits per heavy atom. The second-order valence-electron chi connectivity index (χ2n) is 7.36. The van der Waals surface area contributed by atoms with Gasteiger partial charge in [-0.25, -0.2) is 4.79 Å². The molecule has 0 aromatic heterocycles. The van der Waals surface area contributed by atoms with Crippen LogP contribution in [0.1, 0.15) is 41.3 Å². The molecule has 0 bridgehead atoms. The molecular formula is C21H24N2O3S2. The average molecular weight is 417 g/mol. The van der Waals surface area contributed by atoms with Gasteiger partial charge in [-0.15, -0.1) is 23.5 Å². The number of benzene rings is 2. The van der Waals surface area contributed by atoms with E-state index in [0.717, 1.165) is 17.2 Å². The largest absolute Gasteiger partial charge is 0.444 e. The van der Waals surface area contributed by atoms with Crippen LogP contribution in [0.2, 0.25) is 0 Å². The van der Waals surface area contributed by atoms with Gasteiger partial charge in [-0.1, -0.05) is 12.1 Å². The second-order valence-corrected chi connectivity index (χ2v) is 10.1. The molecule has 148 valence electrons. The van der Waals surface area contributed by atoms with Crippen LogP contribution in [0.3, 0.4) is 0 Å². The molecule has 1 fully saturated rings. The molecule has 2 N–H and O–H groups in total. The molecule has 2 amide bonds. The van der Waals surface area contributed by atoms with Crippen molar-refractivity contribution < 1.29 is 14.3 Å². The molecule has 0 unspecified atom stereocenters. The summed E-state index contributed by atoms with van der Waals surface area (Å²) >= 11 is 3.87. The van der Waals surface area contributed by atoms with E-state index in [-0.39, 0.29) is 5.91 Å². The maximum atomic E-state index is 12.5. The third-order valence-electron chi connectivity index (χ3n) is 3.83. The zero-order valence-corrected chi connectivity index (χ0v) is 17.8. The minimum Gasteiger partial charge on any atom is -0.444 e. The van der Waals surface area contributed by atoms with Crippen LogP contribution >= 0.6 is 23.5 Å². The Balaban J connectivity index is 1.60. The lowest BCUT2D eigenvalue weighted by Crippen LogP contribution is -2.27. The van der Waals surface area contributed by atoms with Crippen molar-refractivity contribution in [1.29, 1.82) is 0 Å². The van der Waals surface area contributed by atoms with Gasteiger partial charge in [0.25, 0.3) is 5.91 Å². The van der Waals surface area contributed by atoms with Gasteiger partial charge in [-0.05, 0) is 62.7 Å². The number of carbonyl (C=O) groups is 2. The number of hydrogen-bond donors (Lipinski definition) is 2. The van der Waals surface area contributed by atoms with Gasteiger partial charge in [0.1, 0.15) is 5.60 Å². The maximum Gasteiger partial charge on any atom is 0.412 e. The Hall–Kier alpha value is -2.12. The first-order valence-corrected chi connectivity index (χ1v) is 11.1. The summed E-state index contributed by atoms with van der Waals surface area (Å²) in [5.41, 5.74) is 2.54. The third kappa shape index (κ3) is 5.94. The Kier molecular flexibility index (Phi) is 6.57. The van der Waals surface area contributed by atoms with E-state index >= 15 is 0 Å². The van der Waals surface area contributed by atoms with E-state index in [1.54, 1.807) is 45.0 Å². The van der Waals surface area contributed by atoms with Gasteiger partial charge in [-0.3, -0.25) is 10.1 Å². The molecular weight excluding hydrogens is 392 g/mol. The number of hydrogen-bond acceptors (Lipinski definition) is 5. The quantitative estimate of drug-likeness (QED) is 0.663. The predicted molar refractivity (Wildman–Crippen MR) is 118 cm³/mol. The van der Waals surface area contributed by atoms with Crippen LogP contribution in [0.15, 0.2) is 48.5 Å². The lowest BCUT2D eigenvalue weighted by Gasteiger charge is -2.19. The summed E-state index contributed by atoms with van der Waals surface area (Å²) in [6, 6.07) is 14.7. The van der Waals surface area contributed by atoms with Crippen molar-refractivity contribution in [3.63, 3.8) is 0 Å². The highest BCUT2D eigenvalue weighted by Crippen LogP contribution is 2.45. The summed E-state index contributed by atoms with van der Waals surface area (Å²) in [4.78, 5) is 24.3. The number of anilines is 2. The van der Waals surface area contributed by atoms with Crippen molar-refractivity contribution in [3.8, 4) is 0 Å². The molecule has 1 saturated heterocycles. The number of nitrogens with one attached hydrogen (secondary N) is 2. The van der Waals surface area contributed by atoms with Crippen molar-refractivity contribution in [2.75, 3.05) is 22.1 Å². The van der Waals surface area contributed by atoms with E-state index < -0.39 is 11.7 Å². The Morgan fingerprint density at radius 3 is 2.29 bits per heavy atom. The van der Waals surface area contributed by atoms with E-state index in [4.69, 9.17) is 4.74 Å². The monoisotopic (exact) mass is 416 g/mol. The molecule has 7 heteroatoms. The summed E-state index contributed by atoms with van der Waals surface area (Å²) in [7, 11) is 0. The van der Waals surface area contributed by atoms with Gasteiger partial charge in [0.05, 0.1) is 4.58 Å². The fraction of sp³-hybridized carbons (Fsp3) is 0.333. The van der Waals surface area contributed by atoms with Gasteiger partial charge in [-0.2, -0.15) is 0 Å². The first kappa shape index (κ1) is 20.6. The first-order chi connectivity index (χ1) is 13.3. The van der Waals surface area contributed by atoms with Crippen molar-refractivity contribution in [2.45, 2.75) is 31.0 Å². The summed E-state index contributed by atoms with van der Waals surface area (Å²) in [5, 5.41) is 5.60. The molecule has 1 heterocycles. The third-order valence-corrected chi connectivity index (χ3v) is 6.94. The zero-order valence-electron chi connectivity index (χ0n) is 16.2. The van der Waals surface area contributed by atoms with Gasteiger partial charge in [0.15, 0.2) is 0 Å². The van der Waals surface area contributed by atoms with Crippen LogP contribution in [-0.2, 0) is 4.74 Å². The predicted octanol–water partition coefficient (Wildman–Crippen LogP) is 5.76. The van der Waals surface area contributed by atoms with E-state index in [1.165, 1.54) is 5.56 Å². The molecule has 3 rings (SSSR count). The van der Waals surface area contributed by atoms with Gasteiger partial charge in [0.2, 0.25) is 0 Å². The minimum absolute atomic E-state index is 0.187. The van der Waals surface area contributed by atoms with Crippen LogP contribution in [0.4, 0.5) is 16.2 Å². The maximum absolute atomic E-state index is 12.5. The van der Waals surface area contributed by atoms with Crippen LogP contribution in [0.5, 0.6) is 0 Å². The lowest BCUT2D eigenvalue weighted by molar-refractivity contribution is 0.0636. The molecule has 1 aliphatic heterocycles. The topological polar surface area (TPSA) is 67.4 Å². The number of carbonyl (C=O) groups excluding carboxylic acids is 2. The highest BCUT2D eigenvalue weighted by molar-refractivity contribution is 8.19. The highest BCUT2D eigenvalue weighted by Gasteiger charge is 2.19. The van der Waals surface area contributed by atoms with Crippen LogP contribution in [-0.4, -0.2) is 29.1 Å². The van der Waals surface area contributed by atoms with E-state index in [9.17, 15) is 9.59 Å². The van der Waals surface area contributed by atoms with Crippen molar-refractivity contribution in [2.24, 2.45) is 0 Å². The van der Waals surface area contributed by atoms with E-state index in [2.05, 4.69) is 16.7 Å². The molecule has 0 atom stereocenters. The molecule has 2 aromatic carbocycles. The summed E-state index contributed by atoms with van der Waals surface area (Å²) in [5.74, 6) is 2.14. The van der Waals surface area contributed by atoms with Crippen molar-refractivity contribution in [3.05, 3.63) is 59.7 Å². The molecule has 2 aromatic rings. The number of thioether (sulfide) groups is 2. The average Bonchev–Trinajstić information content (AvgIpc) is 3.15. The van der Waals surface area contributed by atoms with Crippen molar-refractivity contribution in [1.82, 2.24) is 0 Å². The first-order valence-electron chi connectivity index (χ1n) is 9.05. The fourth-order valence-corrected chi connectivity index (χ4v) is 5.48. The Morgan fingerprint density at radius 1 is 0.964 bits per heavy atom. The van der Waals surface area contributed by atoms with E-state index in [1.807, 2.05) is 41.7 Å². The molecule has 28 heavy (non-hydrogen) atoms. The lowest BCUT2D eigenvalue weighted by atomic mass is 10.1. The molecule has 5 nitrogen and oxygen atoms in total. The molecule has 1 aliphatic rings. The van der Waals surface area contributed by atoms with Gasteiger partial charge < -0.3 is 10.1 Å². The molecule has 0 spiro atoms. The number of amides is 2. The fourth-order valence-electron chi connectivity index (χ4n) is 2.64. The number of ether oxygens (including phenoxy) is 1. The van der Waals surface area contributed by atoms with Gasteiger partial charge in [0, 0.05) is 28.4 Å². The molecule has 0 aliphatic carbocycles. The molecule has 0 radical (unpaired) electrons. The summed E-state index contributed by atoms with van der Waals surface area (Å²) in [6.07, 6.45) is -0.524. The molecule has 0 saturated carbocycles. The second kappa shape index (κ2) is 8.92. The summed E-state index contributed by atoms with van der Waals surface area (Å²) in [6.45, 7) is 5.41. The Labute approximate surface area is 174 Å². The SMILES string of the molecule is CC(C)(C)OC(=O)Nc1ccc(C(=O)Nc2cccc(C3SCCS3)c2)cc1. The minimum atomic E-state index is -0.562. The van der Waals surface area contributed by atoms with Gasteiger partial charge >= 0.3 is 6.09 Å². The van der Waals surface area contributed by atoms with E-state index in [0.29, 0.717) is 15.8 Å². The van der Waals surface area contributed by atoms with Crippen LogP contribution in [0.25, 0.3) is 0 Å². The number of rotatable bonds is 4. The highest BCUT2D eigenvalue weighted by atomic mass is 32.2. The Bertz CT molecular complexity index is 841. The van der Waals surface area contributed by atoms with Crippen LogP contribution < -0.4 is 10.6 Å². The standard InChI is InChI=1S/C21H24N2O3S2/c1-21(2,3)26-20(25)23-16-9-7-14(8-10-16)18(24)22-17-6-4-5-15(13-17)19-27-11-12-28-19/h4-10,13,19H,11-12H2,1-3H3,(H,22,24)(H,23,25). The normalized spacial score (nSPS) is 14.5. The zero-order chi connectivity index (χ0) is 20.1. The smallest absolute Gasteiger partial charge is 0.412 e. The summed E-state index contributed by atoms with van der Waals surface area (Å²) < 4.78 is 5.66.